The average Bonchev–Trinajstić information content (AvgIpc) is 2.13. The predicted octanol–water partition coefficient (Wildman–Crippen LogP) is -0.638. The number of carbonyl (C=O) groups is 1. The second-order valence-corrected chi connectivity index (χ2v) is 4.37. The first kappa shape index (κ1) is 12.4. The van der Waals surface area contributed by atoms with Gasteiger partial charge in [-0.25, -0.2) is 0 Å². The van der Waals surface area contributed by atoms with Gasteiger partial charge in [0.15, 0.2) is 0 Å². The molecule has 1 saturated heterocycles. The molecule has 1 heterocycles. The molecule has 0 aromatic carbocycles. The average molecular weight is 216 g/mol. The molecule has 0 aromatic heterocycles. The monoisotopic (exact) mass is 216 g/mol. The molecule has 15 heavy (non-hydrogen) atoms. The standard InChI is InChI=1S/C10H20N2O3/c1-12(2)6-4-7-9(10(14)15)8(13)3-5-11-7/h7-9,11,13H,3-6H2,1-2H3,(H,14,15). The highest BCUT2D eigenvalue weighted by molar-refractivity contribution is 5.71. The molecule has 0 saturated carbocycles. The number of hydrogen-bond acceptors (Lipinski definition) is 4. The van der Waals surface area contributed by atoms with Gasteiger partial charge in [0, 0.05) is 6.04 Å². The molecule has 1 aliphatic heterocycles. The number of carboxylic acids is 1. The van der Waals surface area contributed by atoms with E-state index in [-0.39, 0.29) is 6.04 Å². The van der Waals surface area contributed by atoms with Crippen molar-refractivity contribution in [3.63, 3.8) is 0 Å². The molecule has 3 atom stereocenters. The lowest BCUT2D eigenvalue weighted by atomic mass is 9.86. The van der Waals surface area contributed by atoms with Gasteiger partial charge in [-0.1, -0.05) is 0 Å². The first-order valence-electron chi connectivity index (χ1n) is 5.31. The van der Waals surface area contributed by atoms with Gasteiger partial charge in [-0.15, -0.1) is 0 Å². The Morgan fingerprint density at radius 2 is 2.20 bits per heavy atom. The van der Waals surface area contributed by atoms with Crippen molar-refractivity contribution in [2.24, 2.45) is 5.92 Å². The summed E-state index contributed by atoms with van der Waals surface area (Å²) in [6.07, 6.45) is 0.562. The Labute approximate surface area is 90.1 Å². The fourth-order valence-electron chi connectivity index (χ4n) is 2.01. The van der Waals surface area contributed by atoms with Crippen LogP contribution in [0.15, 0.2) is 0 Å². The van der Waals surface area contributed by atoms with Crippen LogP contribution in [0.4, 0.5) is 0 Å². The lowest BCUT2D eigenvalue weighted by Gasteiger charge is -2.34. The summed E-state index contributed by atoms with van der Waals surface area (Å²) >= 11 is 0. The van der Waals surface area contributed by atoms with E-state index in [9.17, 15) is 9.90 Å². The number of rotatable bonds is 4. The van der Waals surface area contributed by atoms with Crippen LogP contribution in [0.3, 0.4) is 0 Å². The van der Waals surface area contributed by atoms with Crippen LogP contribution in [-0.2, 0) is 4.79 Å². The van der Waals surface area contributed by atoms with Gasteiger partial charge in [0.1, 0.15) is 0 Å². The predicted molar refractivity (Wildman–Crippen MR) is 56.7 cm³/mol. The van der Waals surface area contributed by atoms with Crippen LogP contribution >= 0.6 is 0 Å². The molecule has 5 heteroatoms. The van der Waals surface area contributed by atoms with Crippen molar-refractivity contribution >= 4 is 5.97 Å². The Morgan fingerprint density at radius 1 is 1.53 bits per heavy atom. The highest BCUT2D eigenvalue weighted by Crippen LogP contribution is 2.20. The quantitative estimate of drug-likeness (QED) is 0.583. The van der Waals surface area contributed by atoms with Crippen molar-refractivity contribution in [1.82, 2.24) is 10.2 Å². The number of nitrogens with zero attached hydrogens (tertiary/aromatic N) is 1. The summed E-state index contributed by atoms with van der Waals surface area (Å²) in [4.78, 5) is 13.0. The van der Waals surface area contributed by atoms with Gasteiger partial charge in [0.05, 0.1) is 12.0 Å². The molecule has 0 aliphatic carbocycles. The lowest BCUT2D eigenvalue weighted by Crippen LogP contribution is -2.52. The Balaban J connectivity index is 2.54. The third-order valence-corrected chi connectivity index (χ3v) is 2.87. The van der Waals surface area contributed by atoms with Crippen LogP contribution in [0, 0.1) is 5.92 Å². The summed E-state index contributed by atoms with van der Waals surface area (Å²) in [5.41, 5.74) is 0. The molecule has 0 bridgehead atoms. The summed E-state index contributed by atoms with van der Waals surface area (Å²) in [6, 6.07) is -0.117. The summed E-state index contributed by atoms with van der Waals surface area (Å²) in [7, 11) is 3.91. The number of aliphatic carboxylic acids is 1. The SMILES string of the molecule is CN(C)CCC1NCCC(O)C1C(=O)O. The zero-order chi connectivity index (χ0) is 11.4. The van der Waals surface area contributed by atoms with E-state index in [0.717, 1.165) is 13.0 Å². The van der Waals surface area contributed by atoms with Crippen molar-refractivity contribution in [3.05, 3.63) is 0 Å². The third kappa shape index (κ3) is 3.44. The molecule has 5 nitrogen and oxygen atoms in total. The second kappa shape index (κ2) is 5.44. The van der Waals surface area contributed by atoms with Crippen LogP contribution < -0.4 is 5.32 Å². The highest BCUT2D eigenvalue weighted by atomic mass is 16.4. The molecular weight excluding hydrogens is 196 g/mol. The molecule has 0 amide bonds. The fourth-order valence-corrected chi connectivity index (χ4v) is 2.01. The van der Waals surface area contributed by atoms with Gasteiger partial charge >= 0.3 is 5.97 Å². The van der Waals surface area contributed by atoms with Gasteiger partial charge in [0.2, 0.25) is 0 Å². The van der Waals surface area contributed by atoms with E-state index in [2.05, 4.69) is 5.32 Å². The molecule has 0 aromatic rings. The number of aliphatic hydroxyl groups excluding tert-OH is 1. The first-order valence-corrected chi connectivity index (χ1v) is 5.31. The van der Waals surface area contributed by atoms with Crippen LogP contribution in [0.25, 0.3) is 0 Å². The van der Waals surface area contributed by atoms with Crippen molar-refractivity contribution < 1.29 is 15.0 Å². The number of carboxylic acid groups (broad SMARTS) is 1. The molecule has 0 spiro atoms. The van der Waals surface area contributed by atoms with Crippen LogP contribution in [-0.4, -0.2) is 60.4 Å². The van der Waals surface area contributed by atoms with E-state index in [1.807, 2.05) is 19.0 Å². The number of piperidine rings is 1. The number of nitrogens with one attached hydrogen (secondary N) is 1. The molecule has 0 radical (unpaired) electrons. The largest absolute Gasteiger partial charge is 0.481 e. The van der Waals surface area contributed by atoms with Gasteiger partial charge in [0.25, 0.3) is 0 Å². The molecule has 3 unspecified atom stereocenters. The van der Waals surface area contributed by atoms with Crippen LogP contribution in [0.1, 0.15) is 12.8 Å². The summed E-state index contributed by atoms with van der Waals surface area (Å²) in [5, 5.41) is 21.8. The minimum atomic E-state index is -0.904. The van der Waals surface area contributed by atoms with Crippen molar-refractivity contribution in [2.45, 2.75) is 25.0 Å². The Bertz CT molecular complexity index is 221. The molecular formula is C10H20N2O3. The van der Waals surface area contributed by atoms with Gasteiger partial charge < -0.3 is 20.4 Å². The van der Waals surface area contributed by atoms with Crippen molar-refractivity contribution in [2.75, 3.05) is 27.2 Å². The lowest BCUT2D eigenvalue weighted by molar-refractivity contribution is -0.148. The minimum absolute atomic E-state index is 0.117. The van der Waals surface area contributed by atoms with Crippen LogP contribution in [0.2, 0.25) is 0 Å². The van der Waals surface area contributed by atoms with Crippen molar-refractivity contribution in [3.8, 4) is 0 Å². The highest BCUT2D eigenvalue weighted by Gasteiger charge is 2.36. The van der Waals surface area contributed by atoms with E-state index in [1.54, 1.807) is 0 Å². The molecule has 1 fully saturated rings. The maximum absolute atomic E-state index is 11.0. The Morgan fingerprint density at radius 3 is 2.73 bits per heavy atom. The van der Waals surface area contributed by atoms with E-state index >= 15 is 0 Å². The van der Waals surface area contributed by atoms with E-state index in [4.69, 9.17) is 5.11 Å². The summed E-state index contributed by atoms with van der Waals surface area (Å²) < 4.78 is 0. The number of aliphatic hydroxyl groups is 1. The maximum Gasteiger partial charge on any atom is 0.310 e. The van der Waals surface area contributed by atoms with Crippen LogP contribution in [0.5, 0.6) is 0 Å². The van der Waals surface area contributed by atoms with Gasteiger partial charge in [-0.05, 0) is 40.0 Å². The summed E-state index contributed by atoms with van der Waals surface area (Å²) in [5.74, 6) is -1.57. The van der Waals surface area contributed by atoms with Gasteiger partial charge in [-0.3, -0.25) is 4.79 Å². The zero-order valence-electron chi connectivity index (χ0n) is 9.31. The third-order valence-electron chi connectivity index (χ3n) is 2.87. The fraction of sp³-hybridized carbons (Fsp3) is 0.900. The Kier molecular flexibility index (Phi) is 4.50. The zero-order valence-corrected chi connectivity index (χ0v) is 9.31. The van der Waals surface area contributed by atoms with Gasteiger partial charge in [-0.2, -0.15) is 0 Å². The Hall–Kier alpha value is -0.650. The second-order valence-electron chi connectivity index (χ2n) is 4.37. The van der Waals surface area contributed by atoms with Crippen molar-refractivity contribution in [1.29, 1.82) is 0 Å². The van der Waals surface area contributed by atoms with E-state index < -0.39 is 18.0 Å². The molecule has 1 aliphatic rings. The number of hydrogen-bond donors (Lipinski definition) is 3. The molecule has 1 rings (SSSR count). The molecule has 3 N–H and O–H groups in total. The topological polar surface area (TPSA) is 72.8 Å². The van der Waals surface area contributed by atoms with E-state index in [0.29, 0.717) is 13.0 Å². The normalized spacial score (nSPS) is 31.9. The summed E-state index contributed by atoms with van der Waals surface area (Å²) in [6.45, 7) is 1.53. The minimum Gasteiger partial charge on any atom is -0.481 e. The smallest absolute Gasteiger partial charge is 0.310 e. The van der Waals surface area contributed by atoms with E-state index in [1.165, 1.54) is 0 Å². The molecule has 88 valence electrons. The maximum atomic E-state index is 11.0. The first-order chi connectivity index (χ1) is 7.02.